The van der Waals surface area contributed by atoms with Crippen molar-refractivity contribution in [1.29, 1.82) is 0 Å². The second kappa shape index (κ2) is 5.75. The summed E-state index contributed by atoms with van der Waals surface area (Å²) in [4.78, 5) is 2.49. The zero-order valence-electron chi connectivity index (χ0n) is 8.97. The van der Waals surface area contributed by atoms with Gasteiger partial charge in [0, 0.05) is 6.54 Å². The summed E-state index contributed by atoms with van der Waals surface area (Å²) < 4.78 is 0. The Morgan fingerprint density at radius 3 is 2.29 bits per heavy atom. The summed E-state index contributed by atoms with van der Waals surface area (Å²) in [6.07, 6.45) is 10.6. The third-order valence-corrected chi connectivity index (χ3v) is 3.88. The van der Waals surface area contributed by atoms with Crippen LogP contribution in [0.2, 0.25) is 0 Å². The van der Waals surface area contributed by atoms with E-state index in [4.69, 9.17) is 0 Å². The molecule has 1 saturated heterocycles. The first-order chi connectivity index (χ1) is 6.34. The SMILES string of the molecule is C.CN1CCC(CC2CCCCC2)C1. The monoisotopic (exact) mass is 197 g/mol. The van der Waals surface area contributed by atoms with Crippen molar-refractivity contribution in [2.75, 3.05) is 20.1 Å². The summed E-state index contributed by atoms with van der Waals surface area (Å²) in [6, 6.07) is 0. The largest absolute Gasteiger partial charge is 0.306 e. The van der Waals surface area contributed by atoms with Crippen LogP contribution < -0.4 is 0 Å². The molecule has 1 aliphatic carbocycles. The van der Waals surface area contributed by atoms with Crippen LogP contribution in [-0.4, -0.2) is 25.0 Å². The molecule has 1 unspecified atom stereocenters. The maximum atomic E-state index is 2.49. The Bertz CT molecular complexity index is 147. The van der Waals surface area contributed by atoms with Gasteiger partial charge in [0.15, 0.2) is 0 Å². The van der Waals surface area contributed by atoms with Gasteiger partial charge in [0.05, 0.1) is 0 Å². The number of hydrogen-bond acceptors (Lipinski definition) is 1. The molecule has 2 rings (SSSR count). The fraction of sp³-hybridized carbons (Fsp3) is 1.00. The molecule has 1 saturated carbocycles. The Hall–Kier alpha value is -0.0400. The van der Waals surface area contributed by atoms with Crippen LogP contribution in [0.5, 0.6) is 0 Å². The fourth-order valence-corrected chi connectivity index (χ4v) is 3.11. The maximum Gasteiger partial charge on any atom is 0.000719 e. The second-order valence-electron chi connectivity index (χ2n) is 5.16. The smallest absolute Gasteiger partial charge is 0.000719 e. The van der Waals surface area contributed by atoms with E-state index in [-0.39, 0.29) is 7.43 Å². The molecule has 0 bridgehead atoms. The topological polar surface area (TPSA) is 3.24 Å². The highest BCUT2D eigenvalue weighted by molar-refractivity contribution is 4.77. The summed E-state index contributed by atoms with van der Waals surface area (Å²) in [5.41, 5.74) is 0. The number of rotatable bonds is 2. The van der Waals surface area contributed by atoms with Crippen molar-refractivity contribution in [2.24, 2.45) is 11.8 Å². The van der Waals surface area contributed by atoms with E-state index in [2.05, 4.69) is 11.9 Å². The van der Waals surface area contributed by atoms with Gasteiger partial charge in [0.2, 0.25) is 0 Å². The Morgan fingerprint density at radius 2 is 1.71 bits per heavy atom. The van der Waals surface area contributed by atoms with E-state index in [1.165, 1.54) is 58.0 Å². The lowest BCUT2D eigenvalue weighted by Crippen LogP contribution is -2.17. The molecule has 1 nitrogen and oxygen atoms in total. The minimum Gasteiger partial charge on any atom is -0.306 e. The third-order valence-electron chi connectivity index (χ3n) is 3.88. The van der Waals surface area contributed by atoms with Crippen molar-refractivity contribution >= 4 is 0 Å². The molecule has 0 aromatic heterocycles. The van der Waals surface area contributed by atoms with Crippen LogP contribution in [0.15, 0.2) is 0 Å². The van der Waals surface area contributed by atoms with Gasteiger partial charge < -0.3 is 4.90 Å². The Morgan fingerprint density at radius 1 is 1.00 bits per heavy atom. The van der Waals surface area contributed by atoms with Crippen LogP contribution in [0.25, 0.3) is 0 Å². The van der Waals surface area contributed by atoms with Gasteiger partial charge in [-0.2, -0.15) is 0 Å². The molecule has 0 aromatic carbocycles. The van der Waals surface area contributed by atoms with Gasteiger partial charge in [0.25, 0.3) is 0 Å². The maximum absolute atomic E-state index is 2.49. The summed E-state index contributed by atoms with van der Waals surface area (Å²) in [6.45, 7) is 2.72. The molecule has 0 amide bonds. The molecule has 0 spiro atoms. The summed E-state index contributed by atoms with van der Waals surface area (Å²) in [5, 5.41) is 0. The first-order valence-corrected chi connectivity index (χ1v) is 6.03. The van der Waals surface area contributed by atoms with Crippen molar-refractivity contribution in [3.63, 3.8) is 0 Å². The minimum absolute atomic E-state index is 0. The van der Waals surface area contributed by atoms with Crippen LogP contribution in [-0.2, 0) is 0 Å². The average molecular weight is 197 g/mol. The first kappa shape index (κ1) is 12.0. The fourth-order valence-electron chi connectivity index (χ4n) is 3.11. The van der Waals surface area contributed by atoms with Crippen LogP contribution in [0.4, 0.5) is 0 Å². The first-order valence-electron chi connectivity index (χ1n) is 6.03. The average Bonchev–Trinajstić information content (AvgIpc) is 2.53. The van der Waals surface area contributed by atoms with E-state index in [9.17, 15) is 0 Å². The molecule has 0 aromatic rings. The van der Waals surface area contributed by atoms with E-state index < -0.39 is 0 Å². The van der Waals surface area contributed by atoms with Gasteiger partial charge in [-0.05, 0) is 38.3 Å². The standard InChI is InChI=1S/C12H23N.CH4/c1-13-8-7-12(10-13)9-11-5-3-2-4-6-11;/h11-12H,2-10H2,1H3;1H4. The molecule has 1 heteroatoms. The number of nitrogens with zero attached hydrogens (tertiary/aromatic N) is 1. The predicted molar refractivity (Wildman–Crippen MR) is 63.5 cm³/mol. The number of hydrogen-bond donors (Lipinski definition) is 0. The summed E-state index contributed by atoms with van der Waals surface area (Å²) in [7, 11) is 2.26. The molecule has 1 atom stereocenters. The lowest BCUT2D eigenvalue weighted by molar-refractivity contribution is 0.284. The summed E-state index contributed by atoms with van der Waals surface area (Å²) in [5.74, 6) is 2.12. The Balaban J connectivity index is 0.000000980. The predicted octanol–water partition coefficient (Wildman–Crippen LogP) is 3.54. The lowest BCUT2D eigenvalue weighted by Gasteiger charge is -2.24. The van der Waals surface area contributed by atoms with E-state index in [1.54, 1.807) is 0 Å². The Labute approximate surface area is 89.9 Å². The van der Waals surface area contributed by atoms with E-state index in [0.29, 0.717) is 0 Å². The molecule has 1 aliphatic heterocycles. The molecular formula is C13H27N. The van der Waals surface area contributed by atoms with Gasteiger partial charge in [-0.25, -0.2) is 0 Å². The second-order valence-corrected chi connectivity index (χ2v) is 5.16. The molecule has 2 aliphatic rings. The molecule has 14 heavy (non-hydrogen) atoms. The van der Waals surface area contributed by atoms with E-state index in [1.807, 2.05) is 0 Å². The Kier molecular flexibility index (Phi) is 4.94. The molecule has 1 heterocycles. The highest BCUT2D eigenvalue weighted by Gasteiger charge is 2.23. The zero-order chi connectivity index (χ0) is 9.10. The van der Waals surface area contributed by atoms with Crippen molar-refractivity contribution < 1.29 is 0 Å². The lowest BCUT2D eigenvalue weighted by atomic mass is 9.82. The van der Waals surface area contributed by atoms with Crippen molar-refractivity contribution in [2.45, 2.75) is 52.4 Å². The van der Waals surface area contributed by atoms with Gasteiger partial charge in [0.1, 0.15) is 0 Å². The van der Waals surface area contributed by atoms with Crippen LogP contribution in [0.3, 0.4) is 0 Å². The summed E-state index contributed by atoms with van der Waals surface area (Å²) >= 11 is 0. The normalized spacial score (nSPS) is 30.2. The van der Waals surface area contributed by atoms with E-state index in [0.717, 1.165) is 11.8 Å². The molecule has 2 fully saturated rings. The molecule has 0 N–H and O–H groups in total. The van der Waals surface area contributed by atoms with Gasteiger partial charge >= 0.3 is 0 Å². The van der Waals surface area contributed by atoms with Crippen LogP contribution in [0, 0.1) is 11.8 Å². The van der Waals surface area contributed by atoms with Crippen molar-refractivity contribution in [1.82, 2.24) is 4.90 Å². The molecule has 84 valence electrons. The van der Waals surface area contributed by atoms with Crippen LogP contribution in [0.1, 0.15) is 52.4 Å². The van der Waals surface area contributed by atoms with Gasteiger partial charge in [-0.1, -0.05) is 39.5 Å². The van der Waals surface area contributed by atoms with Gasteiger partial charge in [-0.3, -0.25) is 0 Å². The molecular weight excluding hydrogens is 170 g/mol. The zero-order valence-corrected chi connectivity index (χ0v) is 8.97. The van der Waals surface area contributed by atoms with Gasteiger partial charge in [-0.15, -0.1) is 0 Å². The highest BCUT2D eigenvalue weighted by atomic mass is 15.1. The van der Waals surface area contributed by atoms with E-state index >= 15 is 0 Å². The highest BCUT2D eigenvalue weighted by Crippen LogP contribution is 2.31. The quantitative estimate of drug-likeness (QED) is 0.654. The molecule has 0 radical (unpaired) electrons. The third kappa shape index (κ3) is 3.27. The number of likely N-dealkylation sites (tertiary alicyclic amines) is 1. The van der Waals surface area contributed by atoms with Crippen molar-refractivity contribution in [3.8, 4) is 0 Å². The van der Waals surface area contributed by atoms with Crippen molar-refractivity contribution in [3.05, 3.63) is 0 Å². The minimum atomic E-state index is 0. The van der Waals surface area contributed by atoms with Crippen LogP contribution >= 0.6 is 0 Å².